The van der Waals surface area contributed by atoms with E-state index in [2.05, 4.69) is 19.1 Å². The van der Waals surface area contributed by atoms with Crippen LogP contribution in [0.1, 0.15) is 45.6 Å². The van der Waals surface area contributed by atoms with Crippen molar-refractivity contribution in [1.82, 2.24) is 0 Å². The second kappa shape index (κ2) is 6.65. The van der Waals surface area contributed by atoms with E-state index in [1.54, 1.807) is 0 Å². The summed E-state index contributed by atoms with van der Waals surface area (Å²) >= 11 is 0. The van der Waals surface area contributed by atoms with Gasteiger partial charge in [0.05, 0.1) is 12.2 Å². The molecule has 1 aromatic rings. The Balaban J connectivity index is 2.46. The summed E-state index contributed by atoms with van der Waals surface area (Å²) in [5, 5.41) is 10.1. The van der Waals surface area contributed by atoms with Gasteiger partial charge in [-0.05, 0) is 50.8 Å². The summed E-state index contributed by atoms with van der Waals surface area (Å²) in [5.74, 6) is 0.913. The minimum Gasteiger partial charge on any atom is -0.494 e. The molecule has 1 aromatic carbocycles. The molecule has 1 atom stereocenters. The predicted molar refractivity (Wildman–Crippen MR) is 71.5 cm³/mol. The number of aryl methyl sites for hydroxylation is 1. The fourth-order valence-electron chi connectivity index (χ4n) is 2.00. The zero-order chi connectivity index (χ0) is 12.7. The Kier molecular flexibility index (Phi) is 5.49. The van der Waals surface area contributed by atoms with Crippen molar-refractivity contribution in [3.05, 3.63) is 29.8 Å². The van der Waals surface area contributed by atoms with E-state index in [4.69, 9.17) is 4.74 Å². The maximum atomic E-state index is 10.1. The first kappa shape index (κ1) is 14.0. The van der Waals surface area contributed by atoms with E-state index in [1.165, 1.54) is 5.56 Å². The minimum atomic E-state index is -0.534. The van der Waals surface area contributed by atoms with Gasteiger partial charge in [-0.25, -0.2) is 0 Å². The summed E-state index contributed by atoms with van der Waals surface area (Å²) in [7, 11) is 0. The zero-order valence-corrected chi connectivity index (χ0v) is 11.2. The Bertz CT molecular complexity index is 314. The van der Waals surface area contributed by atoms with Crippen molar-refractivity contribution in [2.45, 2.75) is 52.1 Å². The summed E-state index contributed by atoms with van der Waals surface area (Å²) in [5.41, 5.74) is 0.720. The summed E-state index contributed by atoms with van der Waals surface area (Å²) in [6, 6.07) is 8.14. The molecule has 0 saturated carbocycles. The molecule has 0 aliphatic heterocycles. The van der Waals surface area contributed by atoms with Gasteiger partial charge in [0.2, 0.25) is 0 Å². The Morgan fingerprint density at radius 2 is 1.76 bits per heavy atom. The van der Waals surface area contributed by atoms with Gasteiger partial charge in [0.1, 0.15) is 5.75 Å². The van der Waals surface area contributed by atoms with E-state index in [-0.39, 0.29) is 0 Å². The monoisotopic (exact) mass is 236 g/mol. The topological polar surface area (TPSA) is 29.5 Å². The second-order valence-electron chi connectivity index (χ2n) is 4.82. The van der Waals surface area contributed by atoms with E-state index in [9.17, 15) is 5.11 Å². The van der Waals surface area contributed by atoms with Gasteiger partial charge in [-0.15, -0.1) is 0 Å². The van der Waals surface area contributed by atoms with E-state index in [0.717, 1.165) is 31.4 Å². The van der Waals surface area contributed by atoms with Gasteiger partial charge in [0.25, 0.3) is 0 Å². The van der Waals surface area contributed by atoms with E-state index >= 15 is 0 Å². The number of ether oxygens (including phenoxy) is 1. The Hall–Kier alpha value is -1.02. The van der Waals surface area contributed by atoms with Crippen LogP contribution < -0.4 is 4.74 Å². The highest BCUT2D eigenvalue weighted by atomic mass is 16.5. The highest BCUT2D eigenvalue weighted by Gasteiger charge is 2.18. The summed E-state index contributed by atoms with van der Waals surface area (Å²) < 4.78 is 5.40. The molecule has 0 aromatic heterocycles. The van der Waals surface area contributed by atoms with Crippen LogP contribution >= 0.6 is 0 Å². The van der Waals surface area contributed by atoms with Crippen LogP contribution in [-0.4, -0.2) is 17.3 Å². The van der Waals surface area contributed by atoms with Crippen molar-refractivity contribution in [1.29, 1.82) is 0 Å². The number of benzene rings is 1. The largest absolute Gasteiger partial charge is 0.494 e. The van der Waals surface area contributed by atoms with E-state index in [1.807, 2.05) is 26.0 Å². The number of aliphatic hydroxyl groups is 1. The summed E-state index contributed by atoms with van der Waals surface area (Å²) in [4.78, 5) is 0. The van der Waals surface area contributed by atoms with Crippen molar-refractivity contribution in [3.63, 3.8) is 0 Å². The first-order valence-electron chi connectivity index (χ1n) is 6.51. The van der Waals surface area contributed by atoms with Gasteiger partial charge in [-0.2, -0.15) is 0 Å². The van der Waals surface area contributed by atoms with Crippen LogP contribution in [-0.2, 0) is 6.42 Å². The smallest absolute Gasteiger partial charge is 0.119 e. The first-order chi connectivity index (χ1) is 8.07. The standard InChI is InChI=1S/C15H24O2/c1-4-11-15(3,16)12-10-13-6-8-14(9-7-13)17-5-2/h6-9,16H,4-5,10-12H2,1-3H3. The molecule has 0 bridgehead atoms. The fraction of sp³-hybridized carbons (Fsp3) is 0.600. The maximum Gasteiger partial charge on any atom is 0.119 e. The Labute approximate surface area is 105 Å². The molecular weight excluding hydrogens is 212 g/mol. The van der Waals surface area contributed by atoms with Crippen molar-refractivity contribution in [2.75, 3.05) is 6.61 Å². The van der Waals surface area contributed by atoms with Gasteiger partial charge in [0, 0.05) is 0 Å². The molecule has 2 nitrogen and oxygen atoms in total. The lowest BCUT2D eigenvalue weighted by molar-refractivity contribution is 0.0416. The SMILES string of the molecule is CCCC(C)(O)CCc1ccc(OCC)cc1. The van der Waals surface area contributed by atoms with Gasteiger partial charge >= 0.3 is 0 Å². The molecule has 2 heteroatoms. The van der Waals surface area contributed by atoms with Gasteiger partial charge < -0.3 is 9.84 Å². The Morgan fingerprint density at radius 1 is 1.12 bits per heavy atom. The third kappa shape index (κ3) is 5.22. The first-order valence-corrected chi connectivity index (χ1v) is 6.51. The van der Waals surface area contributed by atoms with Crippen LogP contribution in [0.15, 0.2) is 24.3 Å². The van der Waals surface area contributed by atoms with Crippen LogP contribution in [0.3, 0.4) is 0 Å². The number of hydrogen-bond donors (Lipinski definition) is 1. The predicted octanol–water partition coefficient (Wildman–Crippen LogP) is 3.57. The van der Waals surface area contributed by atoms with Gasteiger partial charge in [-0.3, -0.25) is 0 Å². The van der Waals surface area contributed by atoms with Crippen LogP contribution in [0.5, 0.6) is 5.75 Å². The molecule has 0 amide bonds. The molecule has 1 N–H and O–H groups in total. The maximum absolute atomic E-state index is 10.1. The van der Waals surface area contributed by atoms with Crippen LogP contribution in [0, 0.1) is 0 Å². The van der Waals surface area contributed by atoms with Crippen molar-refractivity contribution in [2.24, 2.45) is 0 Å². The van der Waals surface area contributed by atoms with E-state index < -0.39 is 5.60 Å². The molecule has 0 aliphatic carbocycles. The highest BCUT2D eigenvalue weighted by Crippen LogP contribution is 2.20. The third-order valence-corrected chi connectivity index (χ3v) is 2.98. The molecule has 0 aliphatic rings. The van der Waals surface area contributed by atoms with Gasteiger partial charge in [-0.1, -0.05) is 25.5 Å². The molecule has 0 heterocycles. The summed E-state index contributed by atoms with van der Waals surface area (Å²) in [6.45, 7) is 6.71. The lowest BCUT2D eigenvalue weighted by atomic mass is 9.92. The highest BCUT2D eigenvalue weighted by molar-refractivity contribution is 5.27. The van der Waals surface area contributed by atoms with Crippen molar-refractivity contribution >= 4 is 0 Å². The van der Waals surface area contributed by atoms with Crippen molar-refractivity contribution in [3.8, 4) is 5.75 Å². The zero-order valence-electron chi connectivity index (χ0n) is 11.2. The molecule has 1 rings (SSSR count). The third-order valence-electron chi connectivity index (χ3n) is 2.98. The molecule has 0 fully saturated rings. The van der Waals surface area contributed by atoms with Crippen LogP contribution in [0.2, 0.25) is 0 Å². The number of rotatable bonds is 7. The average molecular weight is 236 g/mol. The number of hydrogen-bond acceptors (Lipinski definition) is 2. The minimum absolute atomic E-state index is 0.534. The van der Waals surface area contributed by atoms with Crippen molar-refractivity contribution < 1.29 is 9.84 Å². The molecule has 17 heavy (non-hydrogen) atoms. The molecular formula is C15H24O2. The summed E-state index contributed by atoms with van der Waals surface area (Å²) in [6.07, 6.45) is 3.62. The lowest BCUT2D eigenvalue weighted by Crippen LogP contribution is -2.24. The molecule has 0 saturated heterocycles. The molecule has 96 valence electrons. The molecule has 1 unspecified atom stereocenters. The molecule has 0 radical (unpaired) electrons. The van der Waals surface area contributed by atoms with Gasteiger partial charge in [0.15, 0.2) is 0 Å². The lowest BCUT2D eigenvalue weighted by Gasteiger charge is -2.22. The van der Waals surface area contributed by atoms with Crippen LogP contribution in [0.4, 0.5) is 0 Å². The average Bonchev–Trinajstić information content (AvgIpc) is 2.29. The quantitative estimate of drug-likeness (QED) is 0.784. The fourth-order valence-corrected chi connectivity index (χ4v) is 2.00. The second-order valence-corrected chi connectivity index (χ2v) is 4.82. The molecule has 0 spiro atoms. The van der Waals surface area contributed by atoms with E-state index in [0.29, 0.717) is 6.61 Å². The van der Waals surface area contributed by atoms with Crippen LogP contribution in [0.25, 0.3) is 0 Å². The Morgan fingerprint density at radius 3 is 2.29 bits per heavy atom. The normalized spacial score (nSPS) is 14.4.